The van der Waals surface area contributed by atoms with Crippen LogP contribution in [-0.4, -0.2) is 48.9 Å². The molecule has 122 valence electrons. The van der Waals surface area contributed by atoms with Crippen molar-refractivity contribution in [1.82, 2.24) is 9.80 Å². The lowest BCUT2D eigenvalue weighted by Crippen LogP contribution is -2.45. The monoisotopic (exact) mass is 334 g/mol. The highest BCUT2D eigenvalue weighted by atomic mass is 35.5. The maximum atomic E-state index is 12.4. The van der Waals surface area contributed by atoms with Crippen molar-refractivity contribution >= 4 is 29.2 Å². The topological polar surface area (TPSA) is 76.4 Å². The molecule has 0 aliphatic carbocycles. The van der Waals surface area contributed by atoms with Gasteiger partial charge in [-0.05, 0) is 31.0 Å². The zero-order valence-electron chi connectivity index (χ0n) is 13.2. The number of nitriles is 1. The summed E-state index contributed by atoms with van der Waals surface area (Å²) in [6.07, 6.45) is 1.22. The van der Waals surface area contributed by atoms with Gasteiger partial charge in [0.2, 0.25) is 5.91 Å². The van der Waals surface area contributed by atoms with Crippen molar-refractivity contribution in [2.24, 2.45) is 5.92 Å². The molecule has 0 atom stereocenters. The summed E-state index contributed by atoms with van der Waals surface area (Å²) >= 11 is 6.05. The molecule has 1 aliphatic rings. The summed E-state index contributed by atoms with van der Waals surface area (Å²) in [5, 5.41) is 12.1. The van der Waals surface area contributed by atoms with Crippen LogP contribution in [0.4, 0.5) is 10.5 Å². The number of benzene rings is 1. The number of urea groups is 1. The van der Waals surface area contributed by atoms with Crippen molar-refractivity contribution in [2.45, 2.75) is 12.8 Å². The van der Waals surface area contributed by atoms with E-state index in [-0.39, 0.29) is 17.9 Å². The number of carbonyl (C=O) groups is 2. The second-order valence-electron chi connectivity index (χ2n) is 5.73. The van der Waals surface area contributed by atoms with Gasteiger partial charge in [0.1, 0.15) is 0 Å². The molecule has 1 saturated heterocycles. The van der Waals surface area contributed by atoms with Crippen LogP contribution >= 0.6 is 11.6 Å². The molecule has 0 radical (unpaired) electrons. The van der Waals surface area contributed by atoms with E-state index in [4.69, 9.17) is 16.9 Å². The number of likely N-dealkylation sites (tertiary alicyclic amines) is 1. The zero-order valence-corrected chi connectivity index (χ0v) is 13.9. The van der Waals surface area contributed by atoms with E-state index in [1.165, 1.54) is 4.90 Å². The highest BCUT2D eigenvalue weighted by Gasteiger charge is 2.28. The molecule has 0 saturated carbocycles. The first kappa shape index (κ1) is 17.1. The number of piperidine rings is 1. The minimum absolute atomic E-state index is 0.0337. The molecule has 0 spiro atoms. The van der Waals surface area contributed by atoms with Crippen molar-refractivity contribution in [3.05, 3.63) is 28.8 Å². The largest absolute Gasteiger partial charge is 0.331 e. The maximum absolute atomic E-state index is 12.4. The number of halogens is 1. The van der Waals surface area contributed by atoms with Gasteiger partial charge in [-0.1, -0.05) is 11.6 Å². The number of anilines is 1. The fourth-order valence-electron chi connectivity index (χ4n) is 2.54. The summed E-state index contributed by atoms with van der Waals surface area (Å²) in [6.45, 7) is 1.11. The predicted molar refractivity (Wildman–Crippen MR) is 88.2 cm³/mol. The minimum Gasteiger partial charge on any atom is -0.331 e. The van der Waals surface area contributed by atoms with Crippen LogP contribution in [0.2, 0.25) is 5.02 Å². The van der Waals surface area contributed by atoms with Gasteiger partial charge in [-0.15, -0.1) is 0 Å². The number of amides is 3. The van der Waals surface area contributed by atoms with Gasteiger partial charge in [-0.2, -0.15) is 5.26 Å². The van der Waals surface area contributed by atoms with Gasteiger partial charge < -0.3 is 15.1 Å². The fraction of sp³-hybridized carbons (Fsp3) is 0.438. The lowest BCUT2D eigenvalue weighted by molar-refractivity contribution is -0.121. The number of hydrogen-bond donors (Lipinski definition) is 1. The summed E-state index contributed by atoms with van der Waals surface area (Å²) < 4.78 is 0. The number of rotatable bonds is 2. The molecule has 1 aromatic carbocycles. The van der Waals surface area contributed by atoms with Crippen LogP contribution in [0.25, 0.3) is 0 Å². The summed E-state index contributed by atoms with van der Waals surface area (Å²) in [6, 6.07) is 6.74. The van der Waals surface area contributed by atoms with Crippen LogP contribution in [0.15, 0.2) is 18.2 Å². The minimum atomic E-state index is -0.164. The normalized spacial score (nSPS) is 15.0. The number of carbonyl (C=O) groups excluding carboxylic acids is 2. The summed E-state index contributed by atoms with van der Waals surface area (Å²) in [5.41, 5.74) is 0.888. The molecular weight excluding hydrogens is 316 g/mol. The van der Waals surface area contributed by atoms with Crippen molar-refractivity contribution in [2.75, 3.05) is 32.5 Å². The Morgan fingerprint density at radius 1 is 1.35 bits per heavy atom. The lowest BCUT2D eigenvalue weighted by Gasteiger charge is -2.33. The van der Waals surface area contributed by atoms with E-state index in [2.05, 4.69) is 5.32 Å². The highest BCUT2D eigenvalue weighted by Crippen LogP contribution is 2.25. The smallest absolute Gasteiger partial charge is 0.319 e. The zero-order chi connectivity index (χ0) is 17.0. The molecule has 0 unspecified atom stereocenters. The van der Waals surface area contributed by atoms with Gasteiger partial charge in [0.05, 0.1) is 22.3 Å². The van der Waals surface area contributed by atoms with Crippen LogP contribution in [0, 0.1) is 17.2 Å². The maximum Gasteiger partial charge on any atom is 0.319 e. The Labute approximate surface area is 140 Å². The van der Waals surface area contributed by atoms with Crippen LogP contribution in [-0.2, 0) is 4.79 Å². The molecule has 1 N–H and O–H groups in total. The van der Waals surface area contributed by atoms with Crippen LogP contribution in [0.1, 0.15) is 18.4 Å². The molecule has 0 bridgehead atoms. The van der Waals surface area contributed by atoms with Crippen molar-refractivity contribution in [1.29, 1.82) is 5.26 Å². The Morgan fingerprint density at radius 3 is 2.57 bits per heavy atom. The van der Waals surface area contributed by atoms with E-state index in [0.717, 1.165) is 0 Å². The molecule has 1 aliphatic heterocycles. The Bertz CT molecular complexity index is 646. The van der Waals surface area contributed by atoms with E-state index in [1.807, 2.05) is 6.07 Å². The first-order valence-corrected chi connectivity index (χ1v) is 7.77. The van der Waals surface area contributed by atoms with E-state index in [9.17, 15) is 9.59 Å². The average molecular weight is 335 g/mol. The van der Waals surface area contributed by atoms with E-state index in [0.29, 0.717) is 42.2 Å². The molecule has 2 rings (SSSR count). The van der Waals surface area contributed by atoms with Crippen molar-refractivity contribution in [3.63, 3.8) is 0 Å². The molecule has 0 aromatic heterocycles. The quantitative estimate of drug-likeness (QED) is 0.903. The predicted octanol–water partition coefficient (Wildman–Crippen LogP) is 2.54. The molecule has 6 nitrogen and oxygen atoms in total. The van der Waals surface area contributed by atoms with E-state index in [1.54, 1.807) is 37.2 Å². The first-order chi connectivity index (χ1) is 10.9. The Hall–Kier alpha value is -2.26. The lowest BCUT2D eigenvalue weighted by atomic mass is 9.96. The second-order valence-corrected chi connectivity index (χ2v) is 6.14. The third-order valence-electron chi connectivity index (χ3n) is 3.87. The molecular formula is C16H19ClN4O2. The van der Waals surface area contributed by atoms with Crippen LogP contribution in [0.5, 0.6) is 0 Å². The van der Waals surface area contributed by atoms with E-state index >= 15 is 0 Å². The Kier molecular flexibility index (Phi) is 5.45. The third-order valence-corrected chi connectivity index (χ3v) is 4.20. The second kappa shape index (κ2) is 7.34. The van der Waals surface area contributed by atoms with Gasteiger partial charge in [-0.25, -0.2) is 4.79 Å². The molecule has 1 heterocycles. The summed E-state index contributed by atoms with van der Waals surface area (Å²) in [4.78, 5) is 27.5. The van der Waals surface area contributed by atoms with Crippen molar-refractivity contribution in [3.8, 4) is 6.07 Å². The van der Waals surface area contributed by atoms with Gasteiger partial charge in [0, 0.05) is 33.1 Å². The number of hydrogen-bond acceptors (Lipinski definition) is 3. The standard InChI is InChI=1S/C16H19ClN4O2/c1-20(2)16(23)21-7-5-12(6-8-21)15(22)19-14-9-11(10-18)3-4-13(14)17/h3-4,9,12H,5-8H2,1-2H3,(H,19,22). The third kappa shape index (κ3) is 4.14. The first-order valence-electron chi connectivity index (χ1n) is 7.39. The summed E-state index contributed by atoms with van der Waals surface area (Å²) in [5.74, 6) is -0.290. The molecule has 3 amide bonds. The van der Waals surface area contributed by atoms with Gasteiger partial charge >= 0.3 is 6.03 Å². The summed E-state index contributed by atoms with van der Waals surface area (Å²) in [7, 11) is 3.43. The fourth-order valence-corrected chi connectivity index (χ4v) is 2.71. The van der Waals surface area contributed by atoms with Gasteiger partial charge in [0.25, 0.3) is 0 Å². The Balaban J connectivity index is 1.96. The van der Waals surface area contributed by atoms with E-state index < -0.39 is 0 Å². The number of nitrogens with zero attached hydrogens (tertiary/aromatic N) is 3. The van der Waals surface area contributed by atoms with Gasteiger partial charge in [-0.3, -0.25) is 4.79 Å². The molecule has 23 heavy (non-hydrogen) atoms. The SMILES string of the molecule is CN(C)C(=O)N1CCC(C(=O)Nc2cc(C#N)ccc2Cl)CC1. The molecule has 1 aromatic rings. The number of nitrogens with one attached hydrogen (secondary N) is 1. The molecule has 1 fully saturated rings. The average Bonchev–Trinajstić information content (AvgIpc) is 2.56. The van der Waals surface area contributed by atoms with Crippen LogP contribution in [0.3, 0.4) is 0 Å². The van der Waals surface area contributed by atoms with Crippen LogP contribution < -0.4 is 5.32 Å². The Morgan fingerprint density at radius 2 is 2.00 bits per heavy atom. The highest BCUT2D eigenvalue weighted by molar-refractivity contribution is 6.33. The van der Waals surface area contributed by atoms with Gasteiger partial charge in [0.15, 0.2) is 0 Å². The molecule has 7 heteroatoms. The van der Waals surface area contributed by atoms with Crippen molar-refractivity contribution < 1.29 is 9.59 Å².